The second-order valence-corrected chi connectivity index (χ2v) is 9.29. The highest BCUT2D eigenvalue weighted by atomic mass is 16.5. The van der Waals surface area contributed by atoms with E-state index in [0.29, 0.717) is 24.0 Å². The molecule has 1 atom stereocenters. The molecule has 160 valence electrons. The van der Waals surface area contributed by atoms with Gasteiger partial charge in [0.1, 0.15) is 12.3 Å². The molecule has 1 aromatic rings. The lowest BCUT2D eigenvalue weighted by Gasteiger charge is -2.33. The van der Waals surface area contributed by atoms with Crippen LogP contribution in [0, 0.1) is 0 Å². The van der Waals surface area contributed by atoms with Crippen molar-refractivity contribution in [1.29, 1.82) is 0 Å². The van der Waals surface area contributed by atoms with E-state index >= 15 is 0 Å². The summed E-state index contributed by atoms with van der Waals surface area (Å²) in [6.07, 6.45) is 4.78. The van der Waals surface area contributed by atoms with Gasteiger partial charge in [0.05, 0.1) is 5.69 Å². The minimum Gasteiger partial charge on any atom is -0.482 e. The van der Waals surface area contributed by atoms with E-state index in [-0.39, 0.29) is 30.4 Å². The van der Waals surface area contributed by atoms with Gasteiger partial charge in [-0.1, -0.05) is 33.3 Å². The van der Waals surface area contributed by atoms with Crippen molar-refractivity contribution in [3.05, 3.63) is 23.8 Å². The van der Waals surface area contributed by atoms with Crippen molar-refractivity contribution in [3.8, 4) is 5.75 Å². The maximum Gasteiger partial charge on any atom is 0.265 e. The van der Waals surface area contributed by atoms with Crippen molar-refractivity contribution in [2.75, 3.05) is 37.7 Å². The predicted octanol–water partition coefficient (Wildman–Crippen LogP) is 3.09. The first-order valence-corrected chi connectivity index (χ1v) is 10.8. The first-order valence-electron chi connectivity index (χ1n) is 10.8. The lowest BCUT2D eigenvalue weighted by atomic mass is 9.86. The van der Waals surface area contributed by atoms with Crippen LogP contribution in [0.4, 0.5) is 5.69 Å². The van der Waals surface area contributed by atoms with Crippen LogP contribution < -0.4 is 15.0 Å². The van der Waals surface area contributed by atoms with Crippen LogP contribution in [-0.2, 0) is 15.0 Å². The van der Waals surface area contributed by atoms with E-state index in [4.69, 9.17) is 4.74 Å². The molecule has 0 aromatic heterocycles. The molecular weight excluding hydrogens is 366 g/mol. The van der Waals surface area contributed by atoms with Crippen LogP contribution in [-0.4, -0.2) is 55.5 Å². The summed E-state index contributed by atoms with van der Waals surface area (Å²) in [6, 6.07) is 6.53. The van der Waals surface area contributed by atoms with Crippen molar-refractivity contribution < 1.29 is 14.3 Å². The van der Waals surface area contributed by atoms with Gasteiger partial charge in [0.15, 0.2) is 6.61 Å². The van der Waals surface area contributed by atoms with E-state index < -0.39 is 0 Å². The zero-order chi connectivity index (χ0) is 21.0. The largest absolute Gasteiger partial charge is 0.482 e. The Hall–Kier alpha value is -2.08. The van der Waals surface area contributed by atoms with E-state index in [9.17, 15) is 9.59 Å². The van der Waals surface area contributed by atoms with Gasteiger partial charge >= 0.3 is 0 Å². The number of benzene rings is 1. The average Bonchev–Trinajstić information content (AvgIpc) is 2.67. The minimum absolute atomic E-state index is 0.0258. The van der Waals surface area contributed by atoms with Gasteiger partial charge in [0, 0.05) is 19.1 Å². The number of hydrogen-bond acceptors (Lipinski definition) is 4. The van der Waals surface area contributed by atoms with E-state index in [0.717, 1.165) is 25.1 Å². The van der Waals surface area contributed by atoms with E-state index in [1.807, 2.05) is 18.2 Å². The molecule has 3 rings (SSSR count). The Bertz CT molecular complexity index is 741. The van der Waals surface area contributed by atoms with Crippen LogP contribution in [0.15, 0.2) is 18.2 Å². The Morgan fingerprint density at radius 1 is 1.28 bits per heavy atom. The van der Waals surface area contributed by atoms with Crippen LogP contribution in [0.3, 0.4) is 0 Å². The highest BCUT2D eigenvalue weighted by Gasteiger charge is 2.29. The molecule has 1 fully saturated rings. The van der Waals surface area contributed by atoms with Crippen molar-refractivity contribution >= 4 is 17.5 Å². The van der Waals surface area contributed by atoms with Crippen LogP contribution in [0.5, 0.6) is 5.75 Å². The quantitative estimate of drug-likeness (QED) is 0.744. The molecule has 2 amide bonds. The number of fused-ring (bicyclic) bond motifs is 1. The molecule has 1 N–H and O–H groups in total. The maximum absolute atomic E-state index is 12.5. The first kappa shape index (κ1) is 21.6. The number of piperidine rings is 1. The molecule has 1 unspecified atom stereocenters. The molecule has 1 saturated heterocycles. The summed E-state index contributed by atoms with van der Waals surface area (Å²) in [6.45, 7) is 11.5. The average molecular weight is 402 g/mol. The number of amides is 2. The monoisotopic (exact) mass is 401 g/mol. The summed E-state index contributed by atoms with van der Waals surface area (Å²) < 4.78 is 5.56. The van der Waals surface area contributed by atoms with E-state index in [1.54, 1.807) is 4.90 Å². The highest BCUT2D eigenvalue weighted by molar-refractivity contribution is 6.02. The van der Waals surface area contributed by atoms with Gasteiger partial charge < -0.3 is 15.0 Å². The Morgan fingerprint density at radius 2 is 2.07 bits per heavy atom. The molecule has 2 aliphatic heterocycles. The summed E-state index contributed by atoms with van der Waals surface area (Å²) in [5.74, 6) is 0.351. The topological polar surface area (TPSA) is 61.9 Å². The van der Waals surface area contributed by atoms with Gasteiger partial charge in [-0.25, -0.2) is 0 Å². The summed E-state index contributed by atoms with van der Waals surface area (Å²) in [5, 5.41) is 2.98. The van der Waals surface area contributed by atoms with Crippen molar-refractivity contribution in [2.24, 2.45) is 0 Å². The fourth-order valence-corrected chi connectivity index (χ4v) is 4.04. The fraction of sp³-hybridized carbons (Fsp3) is 0.652. The van der Waals surface area contributed by atoms with Gasteiger partial charge in [0.2, 0.25) is 5.91 Å². The Balaban J connectivity index is 1.55. The Kier molecular flexibility index (Phi) is 6.83. The lowest BCUT2D eigenvalue weighted by Crippen LogP contribution is -2.45. The van der Waals surface area contributed by atoms with Crippen LogP contribution >= 0.6 is 0 Å². The smallest absolute Gasteiger partial charge is 0.265 e. The molecule has 0 bridgehead atoms. The number of likely N-dealkylation sites (tertiary alicyclic amines) is 1. The molecule has 2 aliphatic rings. The van der Waals surface area contributed by atoms with Gasteiger partial charge in [-0.05, 0) is 55.8 Å². The molecule has 6 nitrogen and oxygen atoms in total. The summed E-state index contributed by atoms with van der Waals surface area (Å²) in [4.78, 5) is 29.0. The standard InChI is InChI=1S/C23H35N3O3/c1-17-8-5-6-12-25(17)13-7-11-24-21(27)15-26-19-14-18(23(2,3)4)9-10-20(19)29-16-22(26)28/h9-10,14,17H,5-8,11-13,15-16H2,1-4H3,(H,24,27). The van der Waals surface area contributed by atoms with Crippen LogP contribution in [0.2, 0.25) is 0 Å². The maximum atomic E-state index is 12.5. The number of rotatable bonds is 6. The number of nitrogens with one attached hydrogen (secondary N) is 1. The number of anilines is 1. The van der Waals surface area contributed by atoms with Gasteiger partial charge in [-0.15, -0.1) is 0 Å². The Labute approximate surface area is 174 Å². The summed E-state index contributed by atoms with van der Waals surface area (Å²) in [7, 11) is 0. The van der Waals surface area contributed by atoms with Crippen molar-refractivity contribution in [1.82, 2.24) is 10.2 Å². The minimum atomic E-state index is -0.180. The van der Waals surface area contributed by atoms with Crippen LogP contribution in [0.1, 0.15) is 58.9 Å². The molecule has 2 heterocycles. The molecule has 0 spiro atoms. The van der Waals surface area contributed by atoms with Crippen LogP contribution in [0.25, 0.3) is 0 Å². The third-order valence-corrected chi connectivity index (χ3v) is 5.95. The normalized spacial score (nSPS) is 20.2. The number of ether oxygens (including phenoxy) is 1. The second-order valence-electron chi connectivity index (χ2n) is 9.29. The molecule has 0 aliphatic carbocycles. The van der Waals surface area contributed by atoms with Gasteiger partial charge in [-0.3, -0.25) is 14.5 Å². The molecule has 0 radical (unpaired) electrons. The number of nitrogens with zero attached hydrogens (tertiary/aromatic N) is 2. The summed E-state index contributed by atoms with van der Waals surface area (Å²) >= 11 is 0. The molecular formula is C23H35N3O3. The molecule has 29 heavy (non-hydrogen) atoms. The molecule has 0 saturated carbocycles. The zero-order valence-corrected chi connectivity index (χ0v) is 18.3. The second kappa shape index (κ2) is 9.16. The van der Waals surface area contributed by atoms with Crippen molar-refractivity contribution in [2.45, 2.75) is 64.8 Å². The lowest BCUT2D eigenvalue weighted by molar-refractivity contribution is -0.125. The third kappa shape index (κ3) is 5.50. The fourth-order valence-electron chi connectivity index (χ4n) is 4.04. The SMILES string of the molecule is CC1CCCCN1CCCNC(=O)CN1C(=O)COc2ccc(C(C)(C)C)cc21. The zero-order valence-electron chi connectivity index (χ0n) is 18.3. The third-order valence-electron chi connectivity index (χ3n) is 5.95. The van der Waals surface area contributed by atoms with E-state index in [1.165, 1.54) is 19.3 Å². The van der Waals surface area contributed by atoms with E-state index in [2.05, 4.69) is 37.9 Å². The summed E-state index contributed by atoms with van der Waals surface area (Å²) in [5.41, 5.74) is 1.75. The highest BCUT2D eigenvalue weighted by Crippen LogP contribution is 2.36. The number of carbonyl (C=O) groups is 2. The first-order chi connectivity index (χ1) is 13.8. The predicted molar refractivity (Wildman–Crippen MR) is 116 cm³/mol. The molecule has 6 heteroatoms. The number of hydrogen-bond donors (Lipinski definition) is 1. The number of carbonyl (C=O) groups excluding carboxylic acids is 2. The van der Waals surface area contributed by atoms with Crippen molar-refractivity contribution in [3.63, 3.8) is 0 Å². The van der Waals surface area contributed by atoms with Gasteiger partial charge in [-0.2, -0.15) is 0 Å². The van der Waals surface area contributed by atoms with Gasteiger partial charge in [0.25, 0.3) is 5.91 Å². The Morgan fingerprint density at radius 3 is 2.79 bits per heavy atom. The molecule has 1 aromatic carbocycles.